The molecule has 128 valence electrons. The minimum atomic E-state index is -3.37. The number of nitrogens with zero attached hydrogens (tertiary/aromatic N) is 5. The summed E-state index contributed by atoms with van der Waals surface area (Å²) in [5.74, 6) is 0.329. The van der Waals surface area contributed by atoms with Gasteiger partial charge in [-0.1, -0.05) is 0 Å². The highest BCUT2D eigenvalue weighted by molar-refractivity contribution is 7.88. The van der Waals surface area contributed by atoms with Crippen LogP contribution in [0.5, 0.6) is 0 Å². The molecule has 0 aliphatic carbocycles. The normalized spacial score (nSPS) is 29.1. The van der Waals surface area contributed by atoms with E-state index in [1.54, 1.807) is 4.68 Å². The number of sulfonamides is 1. The molecule has 0 unspecified atom stereocenters. The van der Waals surface area contributed by atoms with Crippen molar-refractivity contribution in [3.8, 4) is 0 Å². The van der Waals surface area contributed by atoms with Gasteiger partial charge in [-0.3, -0.25) is 14.4 Å². The zero-order chi connectivity index (χ0) is 17.0. The van der Waals surface area contributed by atoms with Crippen LogP contribution < -0.4 is 0 Å². The number of carboxylic acid groups (broad SMARTS) is 1. The molecule has 9 nitrogen and oxygen atoms in total. The Morgan fingerprint density at radius 3 is 2.57 bits per heavy atom. The molecule has 2 aliphatic heterocycles. The number of carbonyl (C=O) groups is 1. The van der Waals surface area contributed by atoms with Crippen LogP contribution in [0.2, 0.25) is 0 Å². The number of hydrogen-bond acceptors (Lipinski definition) is 6. The highest BCUT2D eigenvalue weighted by Gasteiger charge is 2.59. The predicted octanol–water partition coefficient (Wildman–Crippen LogP) is -1.10. The number of carboxylic acids is 1. The molecule has 2 fully saturated rings. The maximum absolute atomic E-state index is 11.9. The van der Waals surface area contributed by atoms with Crippen molar-refractivity contribution >= 4 is 16.0 Å². The first-order valence-electron chi connectivity index (χ1n) is 7.39. The topological polar surface area (TPSA) is 109 Å². The van der Waals surface area contributed by atoms with Gasteiger partial charge < -0.3 is 5.11 Å². The van der Waals surface area contributed by atoms with Crippen molar-refractivity contribution in [2.75, 3.05) is 32.4 Å². The molecule has 3 rings (SSSR count). The van der Waals surface area contributed by atoms with Gasteiger partial charge in [-0.15, -0.1) is 0 Å². The van der Waals surface area contributed by atoms with E-state index in [4.69, 9.17) is 0 Å². The Morgan fingerprint density at radius 1 is 1.39 bits per heavy atom. The fourth-order valence-electron chi connectivity index (χ4n) is 3.69. The summed E-state index contributed by atoms with van der Waals surface area (Å²) in [4.78, 5) is 18.2. The summed E-state index contributed by atoms with van der Waals surface area (Å²) in [5, 5.41) is 13.9. The molecule has 0 amide bonds. The molecule has 2 aliphatic rings. The second-order valence-corrected chi connectivity index (χ2v) is 8.56. The number of fused-ring (bicyclic) bond motifs is 1. The number of rotatable bonds is 4. The van der Waals surface area contributed by atoms with Gasteiger partial charge in [0.1, 0.15) is 11.6 Å². The molecule has 10 heteroatoms. The Bertz CT molecular complexity index is 746. The molecule has 1 aromatic rings. The van der Waals surface area contributed by atoms with E-state index in [1.807, 2.05) is 18.9 Å². The minimum absolute atomic E-state index is 0.0418. The van der Waals surface area contributed by atoms with E-state index in [1.165, 1.54) is 4.31 Å². The van der Waals surface area contributed by atoms with Crippen molar-refractivity contribution in [3.63, 3.8) is 0 Å². The summed E-state index contributed by atoms with van der Waals surface area (Å²) < 4.78 is 26.5. The van der Waals surface area contributed by atoms with Gasteiger partial charge in [0.15, 0.2) is 0 Å². The molecule has 2 saturated heterocycles. The van der Waals surface area contributed by atoms with Gasteiger partial charge in [-0.05, 0) is 6.92 Å². The number of hydrogen-bond donors (Lipinski definition) is 1. The monoisotopic (exact) mass is 343 g/mol. The third-order valence-corrected chi connectivity index (χ3v) is 6.08. The van der Waals surface area contributed by atoms with Crippen LogP contribution in [-0.4, -0.2) is 75.9 Å². The minimum Gasteiger partial charge on any atom is -0.481 e. The van der Waals surface area contributed by atoms with Gasteiger partial charge in [0.2, 0.25) is 10.0 Å². The van der Waals surface area contributed by atoms with E-state index < -0.39 is 21.4 Å². The Hall–Kier alpha value is -1.52. The number of aliphatic carboxylic acids is 1. The van der Waals surface area contributed by atoms with Crippen LogP contribution in [-0.2, 0) is 28.4 Å². The molecule has 2 atom stereocenters. The smallest absolute Gasteiger partial charge is 0.312 e. The van der Waals surface area contributed by atoms with Crippen LogP contribution >= 0.6 is 0 Å². The van der Waals surface area contributed by atoms with Crippen LogP contribution in [0.1, 0.15) is 11.6 Å². The van der Waals surface area contributed by atoms with Gasteiger partial charge in [-0.25, -0.2) is 17.7 Å². The summed E-state index contributed by atoms with van der Waals surface area (Å²) in [5.41, 5.74) is -1.03. The van der Waals surface area contributed by atoms with Crippen molar-refractivity contribution in [1.82, 2.24) is 24.0 Å². The third kappa shape index (κ3) is 2.74. The zero-order valence-electron chi connectivity index (χ0n) is 13.4. The summed E-state index contributed by atoms with van der Waals surface area (Å²) in [7, 11) is -1.56. The van der Waals surface area contributed by atoms with Crippen molar-refractivity contribution < 1.29 is 18.3 Å². The standard InChI is InChI=1S/C13H21N5O4S/c1-9-14-11(16(2)15-9)6-17-4-10-5-18(23(3,21)22)8-13(10,7-17)12(19)20/h10H,4-8H2,1-3H3,(H,19,20)/t10-,13-/m0/s1. The van der Waals surface area contributed by atoms with Gasteiger partial charge >= 0.3 is 5.97 Å². The fraction of sp³-hybridized carbons (Fsp3) is 0.769. The summed E-state index contributed by atoms with van der Waals surface area (Å²) in [6, 6.07) is 0. The first-order chi connectivity index (χ1) is 10.6. The fourth-order valence-corrected chi connectivity index (χ4v) is 4.61. The Balaban J connectivity index is 1.79. The van der Waals surface area contributed by atoms with Crippen molar-refractivity contribution in [2.24, 2.45) is 18.4 Å². The molecular weight excluding hydrogens is 322 g/mol. The summed E-state index contributed by atoms with van der Waals surface area (Å²) in [6.07, 6.45) is 1.13. The maximum atomic E-state index is 11.9. The van der Waals surface area contributed by atoms with E-state index in [2.05, 4.69) is 10.1 Å². The molecule has 0 spiro atoms. The SMILES string of the molecule is Cc1nc(CN2C[C@H]3CN(S(C)(=O)=O)C[C@@]3(C(=O)O)C2)n(C)n1. The van der Waals surface area contributed by atoms with Gasteiger partial charge in [0.25, 0.3) is 0 Å². The molecule has 1 aromatic heterocycles. The van der Waals surface area contributed by atoms with E-state index >= 15 is 0 Å². The Morgan fingerprint density at radius 2 is 2.09 bits per heavy atom. The van der Waals surface area contributed by atoms with E-state index in [9.17, 15) is 18.3 Å². The van der Waals surface area contributed by atoms with E-state index in [0.29, 0.717) is 25.5 Å². The lowest BCUT2D eigenvalue weighted by atomic mass is 9.81. The average molecular weight is 343 g/mol. The maximum Gasteiger partial charge on any atom is 0.312 e. The molecule has 0 bridgehead atoms. The van der Waals surface area contributed by atoms with Crippen molar-refractivity contribution in [3.05, 3.63) is 11.6 Å². The second kappa shape index (κ2) is 5.25. The molecule has 0 radical (unpaired) electrons. The molecular formula is C13H21N5O4S. The number of aromatic nitrogens is 3. The zero-order valence-corrected chi connectivity index (χ0v) is 14.2. The molecule has 3 heterocycles. The summed E-state index contributed by atoms with van der Waals surface area (Å²) in [6.45, 7) is 3.50. The van der Waals surface area contributed by atoms with Crippen LogP contribution in [0, 0.1) is 18.3 Å². The van der Waals surface area contributed by atoms with Crippen LogP contribution in [0.3, 0.4) is 0 Å². The molecule has 0 saturated carbocycles. The predicted molar refractivity (Wildman–Crippen MR) is 81.0 cm³/mol. The first kappa shape index (κ1) is 16.3. The summed E-state index contributed by atoms with van der Waals surface area (Å²) >= 11 is 0. The quantitative estimate of drug-likeness (QED) is 0.739. The number of aryl methyl sites for hydroxylation is 2. The van der Waals surface area contributed by atoms with Gasteiger partial charge in [-0.2, -0.15) is 5.10 Å². The lowest BCUT2D eigenvalue weighted by molar-refractivity contribution is -0.148. The Kier molecular flexibility index (Phi) is 3.73. The lowest BCUT2D eigenvalue weighted by Crippen LogP contribution is -2.41. The van der Waals surface area contributed by atoms with Crippen LogP contribution in [0.15, 0.2) is 0 Å². The van der Waals surface area contributed by atoms with Crippen LogP contribution in [0.4, 0.5) is 0 Å². The lowest BCUT2D eigenvalue weighted by Gasteiger charge is -2.24. The average Bonchev–Trinajstić information content (AvgIpc) is 3.00. The van der Waals surface area contributed by atoms with Gasteiger partial charge in [0.05, 0.1) is 18.2 Å². The third-order valence-electron chi connectivity index (χ3n) is 4.87. The second-order valence-electron chi connectivity index (χ2n) is 6.58. The highest BCUT2D eigenvalue weighted by atomic mass is 32.2. The van der Waals surface area contributed by atoms with Crippen molar-refractivity contribution in [1.29, 1.82) is 0 Å². The van der Waals surface area contributed by atoms with Gasteiger partial charge in [0, 0.05) is 39.1 Å². The molecule has 1 N–H and O–H groups in total. The van der Waals surface area contributed by atoms with Crippen molar-refractivity contribution in [2.45, 2.75) is 13.5 Å². The van der Waals surface area contributed by atoms with E-state index in [0.717, 1.165) is 12.1 Å². The van der Waals surface area contributed by atoms with Crippen LogP contribution in [0.25, 0.3) is 0 Å². The molecule has 0 aromatic carbocycles. The highest BCUT2D eigenvalue weighted by Crippen LogP contribution is 2.43. The first-order valence-corrected chi connectivity index (χ1v) is 9.24. The van der Waals surface area contributed by atoms with E-state index in [-0.39, 0.29) is 19.0 Å². The molecule has 23 heavy (non-hydrogen) atoms. The largest absolute Gasteiger partial charge is 0.481 e. The Labute approximate surface area is 134 Å². The number of likely N-dealkylation sites (tertiary alicyclic amines) is 1.